The summed E-state index contributed by atoms with van der Waals surface area (Å²) in [5, 5.41) is 15.4. The lowest BCUT2D eigenvalue weighted by atomic mass is 9.88. The number of anilines is 2. The van der Waals surface area contributed by atoms with Crippen LogP contribution in [-0.2, 0) is 15.7 Å². The number of hydrogen-bond acceptors (Lipinski definition) is 6. The van der Waals surface area contributed by atoms with Crippen LogP contribution in [0.1, 0.15) is 88.1 Å². The third kappa shape index (κ3) is 10.8. The van der Waals surface area contributed by atoms with Crippen LogP contribution < -0.4 is 15.4 Å². The second kappa shape index (κ2) is 17.9. The lowest BCUT2D eigenvalue weighted by molar-refractivity contribution is -0.138. The second-order valence-corrected chi connectivity index (χ2v) is 13.7. The lowest BCUT2D eigenvalue weighted by Crippen LogP contribution is -2.48. The highest BCUT2D eigenvalue weighted by Gasteiger charge is 2.33. The van der Waals surface area contributed by atoms with Crippen molar-refractivity contribution in [3.05, 3.63) is 53.6 Å². The summed E-state index contributed by atoms with van der Waals surface area (Å²) < 4.78 is 51.5. The predicted octanol–water partition coefficient (Wildman–Crippen LogP) is 7.18. The van der Waals surface area contributed by atoms with Crippen LogP contribution in [0, 0.1) is 11.8 Å². The molecular weight excluding hydrogens is 653 g/mol. The topological polar surface area (TPSA) is 120 Å². The molecule has 1 aliphatic carbocycles. The second-order valence-electron chi connectivity index (χ2n) is 13.7. The Morgan fingerprint density at radius 2 is 1.62 bits per heavy atom. The van der Waals surface area contributed by atoms with Crippen LogP contribution in [0.4, 0.5) is 29.3 Å². The molecule has 0 aromatic heterocycles. The molecule has 2 aliphatic rings. The van der Waals surface area contributed by atoms with Crippen molar-refractivity contribution in [3.63, 3.8) is 0 Å². The molecule has 4 atom stereocenters. The van der Waals surface area contributed by atoms with Crippen molar-refractivity contribution < 1.29 is 42.1 Å². The number of nitrogens with one attached hydrogen (secondary N) is 2. The Balaban J connectivity index is 1.57. The Bertz CT molecular complexity index is 1430. The number of halogens is 3. The van der Waals surface area contributed by atoms with Crippen molar-refractivity contribution >= 4 is 29.2 Å². The van der Waals surface area contributed by atoms with Crippen LogP contribution in [0.5, 0.6) is 5.75 Å². The van der Waals surface area contributed by atoms with Gasteiger partial charge < -0.3 is 35.0 Å². The van der Waals surface area contributed by atoms with E-state index in [0.29, 0.717) is 25.3 Å². The van der Waals surface area contributed by atoms with E-state index in [1.807, 2.05) is 20.9 Å². The van der Waals surface area contributed by atoms with Crippen molar-refractivity contribution in [1.82, 2.24) is 9.80 Å². The first kappa shape index (κ1) is 39.0. The van der Waals surface area contributed by atoms with Gasteiger partial charge in [-0.1, -0.05) is 26.2 Å². The number of carbonyl (C=O) groups excluding carboxylic acids is 3. The number of urea groups is 1. The zero-order valence-corrected chi connectivity index (χ0v) is 29.4. The fourth-order valence-corrected chi connectivity index (χ4v) is 6.52. The summed E-state index contributed by atoms with van der Waals surface area (Å²) in [7, 11) is 1.81. The Morgan fingerprint density at radius 1 is 0.980 bits per heavy atom. The van der Waals surface area contributed by atoms with E-state index >= 15 is 0 Å². The maximum Gasteiger partial charge on any atom is 0.416 e. The van der Waals surface area contributed by atoms with E-state index in [0.717, 1.165) is 69.2 Å². The molecule has 3 N–H and O–H groups in total. The normalized spacial score (nSPS) is 22.0. The lowest BCUT2D eigenvalue weighted by Gasteiger charge is -2.36. The molecule has 4 rings (SSSR count). The van der Waals surface area contributed by atoms with E-state index < -0.39 is 29.7 Å². The van der Waals surface area contributed by atoms with E-state index in [1.54, 1.807) is 28.9 Å². The molecule has 0 unspecified atom stereocenters. The molecule has 50 heavy (non-hydrogen) atoms. The summed E-state index contributed by atoms with van der Waals surface area (Å²) in [5.74, 6) is -0.167. The summed E-state index contributed by atoms with van der Waals surface area (Å²) >= 11 is 0. The fourth-order valence-electron chi connectivity index (χ4n) is 6.52. The predicted molar refractivity (Wildman–Crippen MR) is 185 cm³/mol. The maximum atomic E-state index is 14.4. The molecule has 0 spiro atoms. The summed E-state index contributed by atoms with van der Waals surface area (Å²) in [5.41, 5.74) is -0.249. The van der Waals surface area contributed by atoms with Crippen LogP contribution >= 0.6 is 0 Å². The number of benzene rings is 2. The monoisotopic (exact) mass is 704 g/mol. The van der Waals surface area contributed by atoms with Crippen LogP contribution in [0.2, 0.25) is 0 Å². The molecule has 2 aromatic rings. The number of nitrogens with zero attached hydrogens (tertiary/aromatic N) is 2. The first-order chi connectivity index (χ1) is 23.8. The summed E-state index contributed by atoms with van der Waals surface area (Å²) in [4.78, 5) is 43.8. The van der Waals surface area contributed by atoms with Gasteiger partial charge in [0.05, 0.1) is 36.0 Å². The molecule has 1 saturated carbocycles. The summed E-state index contributed by atoms with van der Waals surface area (Å²) in [6.07, 6.45) is 2.27. The van der Waals surface area contributed by atoms with E-state index in [9.17, 15) is 32.7 Å². The fraction of sp³-hybridized carbons (Fsp3) is 0.595. The van der Waals surface area contributed by atoms with E-state index in [2.05, 4.69) is 10.6 Å². The summed E-state index contributed by atoms with van der Waals surface area (Å²) in [6.45, 7) is 6.42. The Hall–Kier alpha value is -3.84. The Kier molecular flexibility index (Phi) is 13.9. The number of amides is 4. The van der Waals surface area contributed by atoms with Gasteiger partial charge in [0, 0.05) is 50.0 Å². The van der Waals surface area contributed by atoms with Gasteiger partial charge >= 0.3 is 12.2 Å². The number of aliphatic hydroxyl groups is 1. The van der Waals surface area contributed by atoms with E-state index in [4.69, 9.17) is 9.47 Å². The molecule has 1 fully saturated rings. The van der Waals surface area contributed by atoms with Gasteiger partial charge in [0.2, 0.25) is 5.91 Å². The molecule has 2 aromatic carbocycles. The van der Waals surface area contributed by atoms with Gasteiger partial charge in [-0.15, -0.1) is 0 Å². The molecule has 0 saturated heterocycles. The molecule has 0 bridgehead atoms. The number of carbonyl (C=O) groups is 3. The van der Waals surface area contributed by atoms with Gasteiger partial charge in [0.1, 0.15) is 5.75 Å². The number of rotatable bonds is 7. The SMILES string of the molecule is C[C@@H]1CCCCO[C@@H](CN(C)C(=O)C2CCCCC2)[C@H](C)CN([C@@H](C)CO)C(=O)c2cc(NC(=O)Nc3ccc(C(F)(F)F)cc3)ccc2O1. The van der Waals surface area contributed by atoms with Crippen LogP contribution in [-0.4, -0.2) is 84.4 Å². The molecule has 4 amide bonds. The highest BCUT2D eigenvalue weighted by atomic mass is 19.4. The molecule has 1 aliphatic heterocycles. The zero-order valence-electron chi connectivity index (χ0n) is 29.4. The molecule has 0 radical (unpaired) electrons. The largest absolute Gasteiger partial charge is 0.490 e. The highest BCUT2D eigenvalue weighted by Crippen LogP contribution is 2.31. The van der Waals surface area contributed by atoms with Crippen molar-refractivity contribution in [3.8, 4) is 5.75 Å². The third-order valence-electron chi connectivity index (χ3n) is 9.56. The van der Waals surface area contributed by atoms with E-state index in [1.165, 1.54) is 6.07 Å². The molecule has 13 heteroatoms. The smallest absolute Gasteiger partial charge is 0.416 e. The van der Waals surface area contributed by atoms with Gasteiger partial charge in [0.15, 0.2) is 0 Å². The number of fused-ring (bicyclic) bond motifs is 1. The average Bonchev–Trinajstić information content (AvgIpc) is 3.09. The molecular formula is C37H51F3N4O6. The van der Waals surface area contributed by atoms with Gasteiger partial charge in [-0.2, -0.15) is 13.2 Å². The third-order valence-corrected chi connectivity index (χ3v) is 9.56. The number of hydrogen-bond donors (Lipinski definition) is 3. The van der Waals surface area contributed by atoms with Crippen molar-refractivity contribution in [2.75, 3.05) is 44.0 Å². The number of alkyl halides is 3. The first-order valence-electron chi connectivity index (χ1n) is 17.6. The van der Waals surface area contributed by atoms with Gasteiger partial charge in [0.25, 0.3) is 5.91 Å². The minimum absolute atomic E-state index is 0.0212. The van der Waals surface area contributed by atoms with Crippen LogP contribution in [0.3, 0.4) is 0 Å². The minimum atomic E-state index is -4.50. The Morgan fingerprint density at radius 3 is 2.28 bits per heavy atom. The zero-order chi connectivity index (χ0) is 36.4. The van der Waals surface area contributed by atoms with Crippen LogP contribution in [0.25, 0.3) is 0 Å². The molecule has 10 nitrogen and oxygen atoms in total. The molecule has 1 heterocycles. The van der Waals surface area contributed by atoms with Crippen molar-refractivity contribution in [1.29, 1.82) is 0 Å². The minimum Gasteiger partial charge on any atom is -0.490 e. The van der Waals surface area contributed by atoms with Crippen LogP contribution in [0.15, 0.2) is 42.5 Å². The van der Waals surface area contributed by atoms with E-state index in [-0.39, 0.29) is 60.0 Å². The van der Waals surface area contributed by atoms with Crippen molar-refractivity contribution in [2.24, 2.45) is 11.8 Å². The summed E-state index contributed by atoms with van der Waals surface area (Å²) in [6, 6.07) is 7.44. The average molecular weight is 705 g/mol. The van der Waals surface area contributed by atoms with Gasteiger partial charge in [-0.3, -0.25) is 9.59 Å². The number of likely N-dealkylation sites (N-methyl/N-ethyl adjacent to an activating group) is 1. The quantitative estimate of drug-likeness (QED) is 0.281. The number of ether oxygens (including phenoxy) is 2. The standard InChI is InChI=1S/C37H51F3N4O6/c1-24-21-44(25(2)23-45)35(47)31-20-30(42-36(48)41-29-15-13-28(14-16-29)37(38,39)40)17-18-32(31)50-26(3)10-8-9-19-49-33(24)22-43(4)34(46)27-11-6-5-7-12-27/h13-18,20,24-27,33,45H,5-12,19,21-23H2,1-4H3,(H2,41,42,48)/t24-,25+,26-,33+/m1/s1. The first-order valence-corrected chi connectivity index (χ1v) is 17.6. The van der Waals surface area contributed by atoms with Crippen molar-refractivity contribution in [2.45, 2.75) is 96.6 Å². The molecule has 276 valence electrons. The van der Waals surface area contributed by atoms with Gasteiger partial charge in [-0.25, -0.2) is 4.79 Å². The number of aliphatic hydroxyl groups excluding tert-OH is 1. The van der Waals surface area contributed by atoms with Gasteiger partial charge in [-0.05, 0) is 88.4 Å². The maximum absolute atomic E-state index is 14.4. The Labute approximate surface area is 292 Å². The highest BCUT2D eigenvalue weighted by molar-refractivity contribution is 6.02.